The first-order chi connectivity index (χ1) is 41.0. The van der Waals surface area contributed by atoms with Gasteiger partial charge in [-0.1, -0.05) is 351 Å². The van der Waals surface area contributed by atoms with Crippen LogP contribution in [0.4, 0.5) is 0 Å². The minimum absolute atomic E-state index is 0.00694. The molecule has 0 aromatic heterocycles. The molecule has 0 aliphatic rings. The molecule has 2 unspecified atom stereocenters. The lowest BCUT2D eigenvalue weighted by atomic mass is 10.0. The maximum Gasteiger partial charge on any atom is 0.305 e. The highest BCUT2D eigenvalue weighted by atomic mass is 16.5. The number of allylic oxidation sites excluding steroid dienone is 8. The molecule has 0 radical (unpaired) electrons. The van der Waals surface area contributed by atoms with Gasteiger partial charge in [-0.15, -0.1) is 0 Å². The van der Waals surface area contributed by atoms with Crippen molar-refractivity contribution in [2.75, 3.05) is 13.2 Å². The van der Waals surface area contributed by atoms with Crippen LogP contribution in [-0.4, -0.2) is 47.4 Å². The van der Waals surface area contributed by atoms with Crippen LogP contribution in [0.1, 0.15) is 406 Å². The Kier molecular flexibility index (Phi) is 70.4. The molecule has 0 rings (SSSR count). The van der Waals surface area contributed by atoms with Crippen LogP contribution < -0.4 is 5.32 Å². The van der Waals surface area contributed by atoms with Crippen molar-refractivity contribution in [1.29, 1.82) is 0 Å². The molecule has 2 atom stereocenters. The maximum absolute atomic E-state index is 12.5. The predicted octanol–water partition coefficient (Wildman–Crippen LogP) is 24.4. The highest BCUT2D eigenvalue weighted by molar-refractivity contribution is 5.76. The zero-order valence-electron chi connectivity index (χ0n) is 55.9. The highest BCUT2D eigenvalue weighted by Gasteiger charge is 2.20. The number of carbonyl (C=O) groups is 2. The van der Waals surface area contributed by atoms with Crippen molar-refractivity contribution in [3.05, 3.63) is 48.6 Å². The molecule has 6 heteroatoms. The van der Waals surface area contributed by atoms with E-state index in [0.29, 0.717) is 25.9 Å². The van der Waals surface area contributed by atoms with Gasteiger partial charge in [-0.2, -0.15) is 0 Å². The van der Waals surface area contributed by atoms with Crippen molar-refractivity contribution in [3.8, 4) is 0 Å². The van der Waals surface area contributed by atoms with Gasteiger partial charge < -0.3 is 20.3 Å². The summed E-state index contributed by atoms with van der Waals surface area (Å²) in [6.07, 6.45) is 94.8. The number of aliphatic hydroxyl groups excluding tert-OH is 2. The van der Waals surface area contributed by atoms with Crippen LogP contribution in [0.3, 0.4) is 0 Å². The Morgan fingerprint density at radius 2 is 0.602 bits per heavy atom. The van der Waals surface area contributed by atoms with Crippen LogP contribution in [0.25, 0.3) is 0 Å². The van der Waals surface area contributed by atoms with Crippen LogP contribution in [-0.2, 0) is 14.3 Å². The first-order valence-corrected chi connectivity index (χ1v) is 37.4. The quantitative estimate of drug-likeness (QED) is 0.0320. The highest BCUT2D eigenvalue weighted by Crippen LogP contribution is 2.19. The van der Waals surface area contributed by atoms with E-state index in [4.69, 9.17) is 4.74 Å². The molecule has 0 aromatic rings. The SMILES string of the molecule is CCCCCC/C=C\C/C=C\CCCCCCCC(=O)OCCCCCCCCCCCCCCCCC/C=C\C/C=C\CCCCCCCCCCCCCCCCCCCC(=O)NC(CO)C(O)CCCCCCCCCCCCC. The van der Waals surface area contributed by atoms with Gasteiger partial charge in [-0.05, 0) is 89.9 Å². The van der Waals surface area contributed by atoms with Crippen molar-refractivity contribution in [2.45, 2.75) is 418 Å². The largest absolute Gasteiger partial charge is 0.466 e. The molecule has 0 saturated heterocycles. The number of hydrogen-bond donors (Lipinski definition) is 3. The fraction of sp³-hybridized carbons (Fsp3) is 0.870. The number of ether oxygens (including phenoxy) is 1. The minimum Gasteiger partial charge on any atom is -0.466 e. The van der Waals surface area contributed by atoms with Gasteiger partial charge in [0, 0.05) is 12.8 Å². The fourth-order valence-electron chi connectivity index (χ4n) is 11.6. The van der Waals surface area contributed by atoms with Crippen molar-refractivity contribution < 1.29 is 24.5 Å². The van der Waals surface area contributed by atoms with Crippen LogP contribution in [0.15, 0.2) is 48.6 Å². The standard InChI is InChI=1S/C77H145NO5/c1-3-5-7-9-11-13-15-16-17-44-47-51-55-59-63-67-71-77(82)83-72-68-64-60-56-52-48-45-42-40-38-36-34-32-30-28-26-24-22-20-18-19-21-23-25-27-29-31-33-35-37-39-41-43-46-50-54-58-62-66-70-76(81)78-74(73-79)75(80)69-65-61-57-53-49-14-12-10-8-6-4-2/h13,15,17-19,22,24,44,74-75,79-80H,3-12,14,16,20-21,23,25-43,45-73H2,1-2H3,(H,78,81)/b15-13-,19-18-,24-22-,44-17-. The van der Waals surface area contributed by atoms with E-state index < -0.39 is 12.1 Å². The third kappa shape index (κ3) is 68.8. The van der Waals surface area contributed by atoms with Gasteiger partial charge in [0.25, 0.3) is 0 Å². The Bertz CT molecular complexity index is 1390. The monoisotopic (exact) mass is 1160 g/mol. The zero-order valence-corrected chi connectivity index (χ0v) is 55.9. The van der Waals surface area contributed by atoms with Crippen LogP contribution in [0, 0.1) is 0 Å². The van der Waals surface area contributed by atoms with Crippen LogP contribution >= 0.6 is 0 Å². The normalized spacial score (nSPS) is 12.8. The molecule has 0 saturated carbocycles. The zero-order chi connectivity index (χ0) is 59.9. The number of rotatable bonds is 70. The van der Waals surface area contributed by atoms with Crippen molar-refractivity contribution >= 4 is 11.9 Å². The van der Waals surface area contributed by atoms with Crippen molar-refractivity contribution in [3.63, 3.8) is 0 Å². The average molecular weight is 1170 g/mol. The summed E-state index contributed by atoms with van der Waals surface area (Å²) >= 11 is 0. The van der Waals surface area contributed by atoms with E-state index in [1.807, 2.05) is 0 Å². The number of esters is 1. The van der Waals surface area contributed by atoms with Crippen molar-refractivity contribution in [2.24, 2.45) is 0 Å². The van der Waals surface area contributed by atoms with Crippen molar-refractivity contribution in [1.82, 2.24) is 5.32 Å². The van der Waals surface area contributed by atoms with Crippen LogP contribution in [0.5, 0.6) is 0 Å². The first kappa shape index (κ1) is 80.8. The number of amides is 1. The molecule has 0 fully saturated rings. The maximum atomic E-state index is 12.5. The molecule has 83 heavy (non-hydrogen) atoms. The number of unbranched alkanes of at least 4 members (excludes halogenated alkanes) is 51. The minimum atomic E-state index is -0.661. The second-order valence-corrected chi connectivity index (χ2v) is 25.6. The van der Waals surface area contributed by atoms with E-state index >= 15 is 0 Å². The Balaban J connectivity index is 3.34. The fourth-order valence-corrected chi connectivity index (χ4v) is 11.6. The second kappa shape index (κ2) is 72.3. The van der Waals surface area contributed by atoms with E-state index in [1.165, 1.54) is 315 Å². The van der Waals surface area contributed by atoms with E-state index in [0.717, 1.165) is 57.8 Å². The topological polar surface area (TPSA) is 95.9 Å². The second-order valence-electron chi connectivity index (χ2n) is 25.6. The van der Waals surface area contributed by atoms with Gasteiger partial charge in [0.1, 0.15) is 0 Å². The summed E-state index contributed by atoms with van der Waals surface area (Å²) in [5.41, 5.74) is 0. The lowest BCUT2D eigenvalue weighted by molar-refractivity contribution is -0.143. The van der Waals surface area contributed by atoms with Gasteiger partial charge in [0.15, 0.2) is 0 Å². The average Bonchev–Trinajstić information content (AvgIpc) is 3.49. The van der Waals surface area contributed by atoms with E-state index in [1.54, 1.807) is 0 Å². The Hall–Kier alpha value is -2.18. The van der Waals surface area contributed by atoms with E-state index in [2.05, 4.69) is 67.8 Å². The third-order valence-corrected chi connectivity index (χ3v) is 17.4. The Morgan fingerprint density at radius 1 is 0.337 bits per heavy atom. The summed E-state index contributed by atoms with van der Waals surface area (Å²) in [4.78, 5) is 24.5. The van der Waals surface area contributed by atoms with Crippen LogP contribution in [0.2, 0.25) is 0 Å². The van der Waals surface area contributed by atoms with Gasteiger partial charge in [0.05, 0.1) is 25.4 Å². The van der Waals surface area contributed by atoms with E-state index in [-0.39, 0.29) is 18.5 Å². The molecule has 0 spiro atoms. The summed E-state index contributed by atoms with van der Waals surface area (Å²) in [6.45, 7) is 4.95. The smallest absolute Gasteiger partial charge is 0.305 e. The molecule has 0 aliphatic heterocycles. The summed E-state index contributed by atoms with van der Waals surface area (Å²) < 4.78 is 5.49. The summed E-state index contributed by atoms with van der Waals surface area (Å²) in [6, 6.07) is -0.538. The molecule has 0 heterocycles. The molecule has 6 nitrogen and oxygen atoms in total. The summed E-state index contributed by atoms with van der Waals surface area (Å²) in [7, 11) is 0. The third-order valence-electron chi connectivity index (χ3n) is 17.4. The molecule has 0 aromatic carbocycles. The number of nitrogens with one attached hydrogen (secondary N) is 1. The molecule has 0 aliphatic carbocycles. The predicted molar refractivity (Wildman–Crippen MR) is 366 cm³/mol. The number of carbonyl (C=O) groups excluding carboxylic acids is 2. The Labute approximate surface area is 518 Å². The Morgan fingerprint density at radius 3 is 0.928 bits per heavy atom. The molecule has 3 N–H and O–H groups in total. The lowest BCUT2D eigenvalue weighted by Gasteiger charge is -2.22. The van der Waals surface area contributed by atoms with Gasteiger partial charge >= 0.3 is 5.97 Å². The molecule has 0 bridgehead atoms. The van der Waals surface area contributed by atoms with Gasteiger partial charge in [-0.3, -0.25) is 9.59 Å². The summed E-state index contributed by atoms with van der Waals surface area (Å²) in [5, 5.41) is 23.2. The molecule has 1 amide bonds. The lowest BCUT2D eigenvalue weighted by Crippen LogP contribution is -2.45. The van der Waals surface area contributed by atoms with Gasteiger partial charge in [-0.25, -0.2) is 0 Å². The molecule has 488 valence electrons. The summed E-state index contributed by atoms with van der Waals surface area (Å²) in [5.74, 6) is -0.0244. The van der Waals surface area contributed by atoms with Gasteiger partial charge in [0.2, 0.25) is 5.91 Å². The van der Waals surface area contributed by atoms with E-state index in [9.17, 15) is 19.8 Å². The molecular formula is C77H145NO5. The molecular weight excluding hydrogens is 1020 g/mol. The first-order valence-electron chi connectivity index (χ1n) is 37.4. The number of hydrogen-bond acceptors (Lipinski definition) is 5. The number of aliphatic hydroxyl groups is 2.